The van der Waals surface area contributed by atoms with Crippen LogP contribution in [-0.2, 0) is 14.2 Å². The van der Waals surface area contributed by atoms with Crippen LogP contribution in [0.3, 0.4) is 0 Å². The van der Waals surface area contributed by atoms with E-state index in [9.17, 15) is 9.59 Å². The molecule has 0 aliphatic heterocycles. The Morgan fingerprint density at radius 1 is 0.842 bits per heavy atom. The summed E-state index contributed by atoms with van der Waals surface area (Å²) in [5, 5.41) is 2.65. The fraction of sp³-hybridized carbons (Fsp3) is 0.846. The smallest absolute Gasteiger partial charge is 0.450 e. The second-order valence-corrected chi connectivity index (χ2v) is 4.07. The van der Waals surface area contributed by atoms with Gasteiger partial charge in [-0.25, -0.2) is 9.59 Å². The molecule has 0 aromatic rings. The Morgan fingerprint density at radius 2 is 1.47 bits per heavy atom. The average Bonchev–Trinajstić information content (AvgIpc) is 2.41. The Morgan fingerprint density at radius 3 is 2.16 bits per heavy atom. The number of nitrogens with one attached hydrogen (secondary N) is 1. The fourth-order valence-corrected chi connectivity index (χ4v) is 1.22. The van der Waals surface area contributed by atoms with Crippen molar-refractivity contribution in [2.45, 2.75) is 46.0 Å². The van der Waals surface area contributed by atoms with Gasteiger partial charge in [0.15, 0.2) is 0 Å². The van der Waals surface area contributed by atoms with E-state index in [1.165, 1.54) is 0 Å². The fourth-order valence-electron chi connectivity index (χ4n) is 1.22. The molecule has 0 bridgehead atoms. The Kier molecular flexibility index (Phi) is 12.0. The number of unbranched alkanes of at least 4 members (excludes halogenated alkanes) is 2. The van der Waals surface area contributed by atoms with Gasteiger partial charge >= 0.3 is 12.2 Å². The van der Waals surface area contributed by atoms with Crippen LogP contribution in [0.2, 0.25) is 0 Å². The number of amides is 1. The molecule has 1 amide bonds. The molecule has 6 nitrogen and oxygen atoms in total. The maximum Gasteiger partial charge on any atom is 0.508 e. The van der Waals surface area contributed by atoms with Gasteiger partial charge in [0.2, 0.25) is 0 Å². The molecule has 0 fully saturated rings. The molecule has 19 heavy (non-hydrogen) atoms. The Bertz CT molecular complexity index is 221. The highest BCUT2D eigenvalue weighted by molar-refractivity contribution is 5.66. The quantitative estimate of drug-likeness (QED) is 0.490. The third-order valence-corrected chi connectivity index (χ3v) is 2.17. The second kappa shape index (κ2) is 13.0. The molecule has 0 aliphatic carbocycles. The minimum absolute atomic E-state index is 0.350. The van der Waals surface area contributed by atoms with Gasteiger partial charge in [-0.05, 0) is 32.1 Å². The van der Waals surface area contributed by atoms with Gasteiger partial charge in [0.05, 0.1) is 19.8 Å². The van der Waals surface area contributed by atoms with Crippen molar-refractivity contribution in [3.8, 4) is 0 Å². The SMILES string of the molecule is CCCOC(=O)NCCCCCOC(=O)OCCC. The summed E-state index contributed by atoms with van der Waals surface area (Å²) in [6.45, 7) is 5.62. The first kappa shape index (κ1) is 17.5. The lowest BCUT2D eigenvalue weighted by atomic mass is 10.2. The van der Waals surface area contributed by atoms with Crippen molar-refractivity contribution in [1.29, 1.82) is 0 Å². The molecule has 112 valence electrons. The van der Waals surface area contributed by atoms with Crippen LogP contribution >= 0.6 is 0 Å². The Balaban J connectivity index is 3.22. The molecule has 0 radical (unpaired) electrons. The number of hydrogen-bond donors (Lipinski definition) is 1. The Labute approximate surface area is 114 Å². The summed E-state index contributed by atoms with van der Waals surface area (Å²) in [6, 6.07) is 0. The summed E-state index contributed by atoms with van der Waals surface area (Å²) < 4.78 is 14.5. The van der Waals surface area contributed by atoms with E-state index in [4.69, 9.17) is 14.2 Å². The zero-order valence-electron chi connectivity index (χ0n) is 11.9. The molecular weight excluding hydrogens is 250 g/mol. The molecular formula is C13H25NO5. The van der Waals surface area contributed by atoms with Crippen molar-refractivity contribution in [3.05, 3.63) is 0 Å². The summed E-state index contributed by atoms with van der Waals surface area (Å²) in [5.41, 5.74) is 0. The van der Waals surface area contributed by atoms with E-state index in [0.717, 1.165) is 32.1 Å². The molecule has 0 unspecified atom stereocenters. The first-order valence-corrected chi connectivity index (χ1v) is 6.90. The normalized spacial score (nSPS) is 9.79. The van der Waals surface area contributed by atoms with Gasteiger partial charge in [-0.15, -0.1) is 0 Å². The molecule has 0 atom stereocenters. The molecule has 6 heteroatoms. The van der Waals surface area contributed by atoms with Crippen molar-refractivity contribution >= 4 is 12.2 Å². The molecule has 0 heterocycles. The third kappa shape index (κ3) is 12.8. The van der Waals surface area contributed by atoms with Crippen LogP contribution in [-0.4, -0.2) is 38.6 Å². The summed E-state index contributed by atoms with van der Waals surface area (Å²) in [6.07, 6.45) is 3.08. The van der Waals surface area contributed by atoms with E-state index in [-0.39, 0.29) is 6.09 Å². The van der Waals surface area contributed by atoms with Crippen LogP contribution in [0.25, 0.3) is 0 Å². The van der Waals surface area contributed by atoms with Crippen molar-refractivity contribution in [1.82, 2.24) is 5.32 Å². The standard InChI is InChI=1S/C13H25NO5/c1-3-9-17-12(15)14-8-6-5-7-11-19-13(16)18-10-4-2/h3-11H2,1-2H3,(H,14,15). The predicted molar refractivity (Wildman–Crippen MR) is 71.1 cm³/mol. The van der Waals surface area contributed by atoms with Gasteiger partial charge in [-0.3, -0.25) is 0 Å². The third-order valence-electron chi connectivity index (χ3n) is 2.17. The number of carbonyl (C=O) groups is 2. The van der Waals surface area contributed by atoms with E-state index < -0.39 is 6.16 Å². The van der Waals surface area contributed by atoms with Crippen LogP contribution in [0.4, 0.5) is 9.59 Å². The van der Waals surface area contributed by atoms with Crippen LogP contribution in [0, 0.1) is 0 Å². The van der Waals surface area contributed by atoms with E-state index >= 15 is 0 Å². The summed E-state index contributed by atoms with van der Waals surface area (Å²) in [7, 11) is 0. The minimum atomic E-state index is -0.608. The molecule has 0 aliphatic rings. The van der Waals surface area contributed by atoms with Crippen LogP contribution < -0.4 is 5.32 Å². The summed E-state index contributed by atoms with van der Waals surface area (Å²) in [4.78, 5) is 22.0. The second-order valence-electron chi connectivity index (χ2n) is 4.07. The zero-order valence-corrected chi connectivity index (χ0v) is 11.9. The Hall–Kier alpha value is -1.46. The van der Waals surface area contributed by atoms with E-state index in [0.29, 0.717) is 26.4 Å². The molecule has 0 saturated carbocycles. The van der Waals surface area contributed by atoms with Crippen LogP contribution in [0.5, 0.6) is 0 Å². The van der Waals surface area contributed by atoms with Crippen molar-refractivity contribution in [2.75, 3.05) is 26.4 Å². The van der Waals surface area contributed by atoms with Gasteiger partial charge in [-0.2, -0.15) is 0 Å². The molecule has 1 N–H and O–H groups in total. The number of ether oxygens (including phenoxy) is 3. The summed E-state index contributed by atoms with van der Waals surface area (Å²) >= 11 is 0. The number of carbonyl (C=O) groups excluding carboxylic acids is 2. The molecule has 0 aromatic heterocycles. The monoisotopic (exact) mass is 275 g/mol. The number of hydrogen-bond acceptors (Lipinski definition) is 5. The maximum absolute atomic E-state index is 11.1. The van der Waals surface area contributed by atoms with Gasteiger partial charge in [0.25, 0.3) is 0 Å². The van der Waals surface area contributed by atoms with Gasteiger partial charge in [0, 0.05) is 6.54 Å². The van der Waals surface area contributed by atoms with Crippen molar-refractivity contribution in [3.63, 3.8) is 0 Å². The minimum Gasteiger partial charge on any atom is -0.450 e. The van der Waals surface area contributed by atoms with Crippen molar-refractivity contribution in [2.24, 2.45) is 0 Å². The lowest BCUT2D eigenvalue weighted by Crippen LogP contribution is -2.25. The van der Waals surface area contributed by atoms with Crippen LogP contribution in [0.15, 0.2) is 0 Å². The van der Waals surface area contributed by atoms with E-state index in [2.05, 4.69) is 5.32 Å². The largest absolute Gasteiger partial charge is 0.508 e. The van der Waals surface area contributed by atoms with Gasteiger partial charge in [-0.1, -0.05) is 13.8 Å². The highest BCUT2D eigenvalue weighted by atomic mass is 16.7. The molecule has 0 saturated heterocycles. The topological polar surface area (TPSA) is 73.9 Å². The highest BCUT2D eigenvalue weighted by Gasteiger charge is 2.02. The first-order chi connectivity index (χ1) is 9.20. The lowest BCUT2D eigenvalue weighted by molar-refractivity contribution is 0.0542. The van der Waals surface area contributed by atoms with Crippen LogP contribution in [0.1, 0.15) is 46.0 Å². The number of rotatable bonds is 10. The van der Waals surface area contributed by atoms with Crippen molar-refractivity contribution < 1.29 is 23.8 Å². The predicted octanol–water partition coefficient (Wildman–Crippen LogP) is 2.86. The molecule has 0 spiro atoms. The maximum atomic E-state index is 11.1. The van der Waals surface area contributed by atoms with Gasteiger partial charge in [0.1, 0.15) is 0 Å². The average molecular weight is 275 g/mol. The molecule has 0 rings (SSSR count). The summed E-state index contributed by atoms with van der Waals surface area (Å²) in [5.74, 6) is 0. The van der Waals surface area contributed by atoms with Gasteiger partial charge < -0.3 is 19.5 Å². The first-order valence-electron chi connectivity index (χ1n) is 6.90. The highest BCUT2D eigenvalue weighted by Crippen LogP contribution is 1.97. The van der Waals surface area contributed by atoms with E-state index in [1.54, 1.807) is 0 Å². The lowest BCUT2D eigenvalue weighted by Gasteiger charge is -2.06. The zero-order chi connectivity index (χ0) is 14.3. The molecule has 0 aromatic carbocycles. The van der Waals surface area contributed by atoms with E-state index in [1.807, 2.05) is 13.8 Å². The number of alkyl carbamates (subject to hydrolysis) is 1.